The first-order chi connectivity index (χ1) is 8.19. The Bertz CT molecular complexity index is 380. The standard InChI is InChI=1S/C13H18BrNO2/c1-4-17-12-7-5-6-11(13(12)16-3)9-15-8-10(2)14/h5-7,15H,2,4,8-9H2,1,3H3. The van der Waals surface area contributed by atoms with Gasteiger partial charge in [-0.15, -0.1) is 0 Å². The number of methoxy groups -OCH3 is 1. The van der Waals surface area contributed by atoms with Gasteiger partial charge in [0.05, 0.1) is 13.7 Å². The highest BCUT2D eigenvalue weighted by atomic mass is 79.9. The lowest BCUT2D eigenvalue weighted by Gasteiger charge is -2.14. The van der Waals surface area contributed by atoms with Crippen molar-refractivity contribution in [1.82, 2.24) is 5.32 Å². The van der Waals surface area contributed by atoms with Crippen molar-refractivity contribution >= 4 is 15.9 Å². The van der Waals surface area contributed by atoms with E-state index >= 15 is 0 Å². The predicted octanol–water partition coefficient (Wildman–Crippen LogP) is 3.09. The molecular weight excluding hydrogens is 282 g/mol. The van der Waals surface area contributed by atoms with E-state index in [1.54, 1.807) is 7.11 Å². The van der Waals surface area contributed by atoms with Crippen LogP contribution in [0.15, 0.2) is 29.3 Å². The molecule has 17 heavy (non-hydrogen) atoms. The molecule has 0 fully saturated rings. The zero-order valence-electron chi connectivity index (χ0n) is 10.3. The van der Waals surface area contributed by atoms with Crippen molar-refractivity contribution in [1.29, 1.82) is 0 Å². The molecule has 0 aliphatic carbocycles. The lowest BCUT2D eigenvalue weighted by Crippen LogP contribution is -2.15. The zero-order chi connectivity index (χ0) is 12.7. The first-order valence-corrected chi connectivity index (χ1v) is 6.31. The molecule has 0 saturated heterocycles. The summed E-state index contributed by atoms with van der Waals surface area (Å²) in [5.41, 5.74) is 1.08. The minimum Gasteiger partial charge on any atom is -0.493 e. The van der Waals surface area contributed by atoms with Gasteiger partial charge in [0.2, 0.25) is 0 Å². The molecule has 94 valence electrons. The Morgan fingerprint density at radius 3 is 2.82 bits per heavy atom. The Morgan fingerprint density at radius 1 is 1.47 bits per heavy atom. The molecule has 0 amide bonds. The SMILES string of the molecule is C=C(Br)CNCc1cccc(OCC)c1OC. The van der Waals surface area contributed by atoms with E-state index in [4.69, 9.17) is 9.47 Å². The Labute approximate surface area is 111 Å². The van der Waals surface area contributed by atoms with Gasteiger partial charge in [0.15, 0.2) is 11.5 Å². The quantitative estimate of drug-likeness (QED) is 0.839. The van der Waals surface area contributed by atoms with Gasteiger partial charge in [0.1, 0.15) is 0 Å². The summed E-state index contributed by atoms with van der Waals surface area (Å²) in [5.74, 6) is 1.58. The summed E-state index contributed by atoms with van der Waals surface area (Å²) in [7, 11) is 1.66. The summed E-state index contributed by atoms with van der Waals surface area (Å²) in [4.78, 5) is 0. The summed E-state index contributed by atoms with van der Waals surface area (Å²) in [5, 5.41) is 3.26. The monoisotopic (exact) mass is 299 g/mol. The third-order valence-electron chi connectivity index (χ3n) is 2.20. The van der Waals surface area contributed by atoms with Crippen molar-refractivity contribution in [2.75, 3.05) is 20.3 Å². The second-order valence-corrected chi connectivity index (χ2v) is 4.62. The van der Waals surface area contributed by atoms with Gasteiger partial charge >= 0.3 is 0 Å². The third-order valence-corrected chi connectivity index (χ3v) is 2.48. The molecule has 1 aromatic carbocycles. The van der Waals surface area contributed by atoms with Crippen molar-refractivity contribution in [3.63, 3.8) is 0 Å². The topological polar surface area (TPSA) is 30.5 Å². The number of hydrogen-bond acceptors (Lipinski definition) is 3. The molecule has 1 rings (SSSR count). The van der Waals surface area contributed by atoms with E-state index < -0.39 is 0 Å². The minimum absolute atomic E-state index is 0.630. The number of nitrogens with one attached hydrogen (secondary N) is 1. The maximum absolute atomic E-state index is 5.52. The van der Waals surface area contributed by atoms with Crippen molar-refractivity contribution in [2.24, 2.45) is 0 Å². The second kappa shape index (κ2) is 7.35. The van der Waals surface area contributed by atoms with Crippen molar-refractivity contribution in [2.45, 2.75) is 13.5 Å². The normalized spacial score (nSPS) is 10.1. The highest BCUT2D eigenvalue weighted by Crippen LogP contribution is 2.30. The van der Waals surface area contributed by atoms with Gasteiger partial charge in [-0.25, -0.2) is 0 Å². The molecule has 0 aliphatic heterocycles. The maximum atomic E-state index is 5.52. The van der Waals surface area contributed by atoms with Crippen LogP contribution in [0.5, 0.6) is 11.5 Å². The van der Waals surface area contributed by atoms with Gasteiger partial charge in [-0.2, -0.15) is 0 Å². The predicted molar refractivity (Wildman–Crippen MR) is 73.9 cm³/mol. The summed E-state index contributed by atoms with van der Waals surface area (Å²) >= 11 is 3.31. The molecule has 0 unspecified atom stereocenters. The molecule has 1 aromatic rings. The molecule has 0 aromatic heterocycles. The fraction of sp³-hybridized carbons (Fsp3) is 0.385. The summed E-state index contributed by atoms with van der Waals surface area (Å²) in [6.45, 7) is 7.80. The van der Waals surface area contributed by atoms with Gasteiger partial charge in [0, 0.05) is 23.1 Å². The Kier molecular flexibility index (Phi) is 6.08. The number of hydrogen-bond donors (Lipinski definition) is 1. The van der Waals surface area contributed by atoms with Gasteiger partial charge in [-0.05, 0) is 13.0 Å². The van der Waals surface area contributed by atoms with Crippen LogP contribution in [0.4, 0.5) is 0 Å². The van der Waals surface area contributed by atoms with Crippen LogP contribution in [0, 0.1) is 0 Å². The minimum atomic E-state index is 0.630. The van der Waals surface area contributed by atoms with Crippen molar-refractivity contribution in [3.05, 3.63) is 34.8 Å². The summed E-state index contributed by atoms with van der Waals surface area (Å²) in [6.07, 6.45) is 0. The van der Waals surface area contributed by atoms with E-state index in [0.717, 1.165) is 28.1 Å². The van der Waals surface area contributed by atoms with Crippen LogP contribution >= 0.6 is 15.9 Å². The van der Waals surface area contributed by atoms with Gasteiger partial charge in [-0.3, -0.25) is 0 Å². The highest BCUT2D eigenvalue weighted by Gasteiger charge is 2.09. The average molecular weight is 300 g/mol. The number of para-hydroxylation sites is 1. The third kappa shape index (κ3) is 4.40. The average Bonchev–Trinajstić information content (AvgIpc) is 2.29. The Hall–Kier alpha value is -1.00. The molecule has 0 saturated carbocycles. The largest absolute Gasteiger partial charge is 0.493 e. The van der Waals surface area contributed by atoms with Crippen LogP contribution in [-0.2, 0) is 6.54 Å². The van der Waals surface area contributed by atoms with Crippen LogP contribution in [0.1, 0.15) is 12.5 Å². The van der Waals surface area contributed by atoms with Crippen molar-refractivity contribution in [3.8, 4) is 11.5 Å². The molecule has 0 bridgehead atoms. The van der Waals surface area contributed by atoms with E-state index in [1.165, 1.54) is 0 Å². The molecule has 0 aliphatic rings. The summed E-state index contributed by atoms with van der Waals surface area (Å²) < 4.78 is 11.8. The van der Waals surface area contributed by atoms with E-state index in [0.29, 0.717) is 13.2 Å². The molecular formula is C13H18BrNO2. The van der Waals surface area contributed by atoms with Crippen LogP contribution in [0.25, 0.3) is 0 Å². The molecule has 0 atom stereocenters. The van der Waals surface area contributed by atoms with Crippen LogP contribution in [-0.4, -0.2) is 20.3 Å². The first kappa shape index (κ1) is 14.1. The second-order valence-electron chi connectivity index (χ2n) is 3.50. The molecule has 0 radical (unpaired) electrons. The smallest absolute Gasteiger partial charge is 0.165 e. The number of rotatable bonds is 7. The molecule has 1 N–H and O–H groups in total. The Morgan fingerprint density at radius 2 is 2.24 bits per heavy atom. The van der Waals surface area contributed by atoms with Gasteiger partial charge in [-0.1, -0.05) is 34.6 Å². The lowest BCUT2D eigenvalue weighted by molar-refractivity contribution is 0.309. The van der Waals surface area contributed by atoms with E-state index in [2.05, 4.69) is 27.8 Å². The lowest BCUT2D eigenvalue weighted by atomic mass is 10.2. The number of halogens is 1. The number of benzene rings is 1. The van der Waals surface area contributed by atoms with Crippen LogP contribution in [0.3, 0.4) is 0 Å². The van der Waals surface area contributed by atoms with Crippen LogP contribution in [0.2, 0.25) is 0 Å². The molecule has 4 heteroatoms. The van der Waals surface area contributed by atoms with E-state index in [9.17, 15) is 0 Å². The highest BCUT2D eigenvalue weighted by molar-refractivity contribution is 9.11. The van der Waals surface area contributed by atoms with Gasteiger partial charge in [0.25, 0.3) is 0 Å². The summed E-state index contributed by atoms with van der Waals surface area (Å²) in [6, 6.07) is 5.90. The van der Waals surface area contributed by atoms with E-state index in [-0.39, 0.29) is 0 Å². The maximum Gasteiger partial charge on any atom is 0.165 e. The van der Waals surface area contributed by atoms with E-state index in [1.807, 2.05) is 25.1 Å². The zero-order valence-corrected chi connectivity index (χ0v) is 11.8. The van der Waals surface area contributed by atoms with Crippen LogP contribution < -0.4 is 14.8 Å². The first-order valence-electron chi connectivity index (χ1n) is 5.51. The molecule has 3 nitrogen and oxygen atoms in total. The molecule has 0 heterocycles. The fourth-order valence-electron chi connectivity index (χ4n) is 1.53. The van der Waals surface area contributed by atoms with Crippen molar-refractivity contribution < 1.29 is 9.47 Å². The number of ether oxygens (including phenoxy) is 2. The molecule has 0 spiro atoms. The van der Waals surface area contributed by atoms with Gasteiger partial charge < -0.3 is 14.8 Å². The fourth-order valence-corrected chi connectivity index (χ4v) is 1.73. The Balaban J connectivity index is 2.76.